The van der Waals surface area contributed by atoms with Crippen LogP contribution >= 0.6 is 0 Å². The SMILES string of the molecule is CN(CC(=O)Nc1ccc2c(c1)OC1(CCCC1)O2)S(=O)(=O)c1ccccc1. The first-order valence-corrected chi connectivity index (χ1v) is 10.7. The third-order valence-electron chi connectivity index (χ3n) is 5.00. The highest BCUT2D eigenvalue weighted by molar-refractivity contribution is 7.89. The van der Waals surface area contributed by atoms with Crippen molar-refractivity contribution in [3.63, 3.8) is 0 Å². The number of rotatable bonds is 5. The minimum Gasteiger partial charge on any atom is -0.448 e. The van der Waals surface area contributed by atoms with E-state index in [-0.39, 0.29) is 11.4 Å². The van der Waals surface area contributed by atoms with Crippen molar-refractivity contribution in [2.24, 2.45) is 0 Å². The molecule has 8 heteroatoms. The maximum atomic E-state index is 12.5. The summed E-state index contributed by atoms with van der Waals surface area (Å²) in [7, 11) is -2.34. The van der Waals surface area contributed by atoms with Gasteiger partial charge in [0, 0.05) is 31.6 Å². The van der Waals surface area contributed by atoms with Gasteiger partial charge in [-0.1, -0.05) is 18.2 Å². The number of ether oxygens (including phenoxy) is 2. The molecule has 148 valence electrons. The molecule has 1 fully saturated rings. The predicted octanol–water partition coefficient (Wildman–Crippen LogP) is 2.99. The lowest BCUT2D eigenvalue weighted by molar-refractivity contribution is -0.116. The first-order valence-electron chi connectivity index (χ1n) is 9.21. The van der Waals surface area contributed by atoms with Gasteiger partial charge in [0.2, 0.25) is 15.9 Å². The van der Waals surface area contributed by atoms with Crippen LogP contribution in [0.5, 0.6) is 11.5 Å². The molecule has 0 saturated heterocycles. The van der Waals surface area contributed by atoms with Gasteiger partial charge < -0.3 is 14.8 Å². The number of carbonyl (C=O) groups is 1. The van der Waals surface area contributed by atoms with Gasteiger partial charge in [0.25, 0.3) is 5.79 Å². The molecular formula is C20H22N2O5S. The standard InChI is InChI=1S/C20H22N2O5S/c1-22(28(24,25)16-7-3-2-4-8-16)14-19(23)21-15-9-10-17-18(13-15)27-20(26-17)11-5-6-12-20/h2-4,7-10,13H,5-6,11-12,14H2,1H3,(H,21,23). The van der Waals surface area contributed by atoms with E-state index in [4.69, 9.17) is 9.47 Å². The number of nitrogens with one attached hydrogen (secondary N) is 1. The van der Waals surface area contributed by atoms with Crippen molar-refractivity contribution in [1.82, 2.24) is 4.31 Å². The average molecular weight is 402 g/mol. The first kappa shape index (κ1) is 18.8. The van der Waals surface area contributed by atoms with Crippen LogP contribution < -0.4 is 14.8 Å². The monoisotopic (exact) mass is 402 g/mol. The smallest absolute Gasteiger partial charge is 0.251 e. The number of benzene rings is 2. The summed E-state index contributed by atoms with van der Waals surface area (Å²) < 4.78 is 38.0. The Morgan fingerprint density at radius 2 is 1.75 bits per heavy atom. The van der Waals surface area contributed by atoms with Crippen molar-refractivity contribution < 1.29 is 22.7 Å². The van der Waals surface area contributed by atoms with Crippen LogP contribution in [0.4, 0.5) is 5.69 Å². The number of amides is 1. The van der Waals surface area contributed by atoms with Gasteiger partial charge in [-0.3, -0.25) is 4.79 Å². The molecule has 1 saturated carbocycles. The van der Waals surface area contributed by atoms with E-state index in [0.29, 0.717) is 17.2 Å². The molecule has 1 aliphatic heterocycles. The van der Waals surface area contributed by atoms with Gasteiger partial charge in [0.05, 0.1) is 11.4 Å². The summed E-state index contributed by atoms with van der Waals surface area (Å²) >= 11 is 0. The Kier molecular flexibility index (Phi) is 4.76. The van der Waals surface area contributed by atoms with Crippen molar-refractivity contribution in [3.8, 4) is 11.5 Å². The van der Waals surface area contributed by atoms with Crippen LogP contribution in [0.2, 0.25) is 0 Å². The number of likely N-dealkylation sites (N-methyl/N-ethyl adjacent to an activating group) is 1. The Bertz CT molecular complexity index is 985. The van der Waals surface area contributed by atoms with Gasteiger partial charge in [0.15, 0.2) is 11.5 Å². The van der Waals surface area contributed by atoms with Gasteiger partial charge in [-0.25, -0.2) is 8.42 Å². The molecule has 0 atom stereocenters. The molecule has 1 spiro atoms. The minimum absolute atomic E-state index is 0.148. The first-order chi connectivity index (χ1) is 13.4. The molecule has 1 amide bonds. The van der Waals surface area contributed by atoms with Crippen LogP contribution in [0.1, 0.15) is 25.7 Å². The zero-order valence-electron chi connectivity index (χ0n) is 15.6. The van der Waals surface area contributed by atoms with Gasteiger partial charge in [-0.05, 0) is 37.1 Å². The van der Waals surface area contributed by atoms with Crippen LogP contribution in [0, 0.1) is 0 Å². The van der Waals surface area contributed by atoms with Crippen LogP contribution in [0.15, 0.2) is 53.4 Å². The summed E-state index contributed by atoms with van der Waals surface area (Å²) in [6.45, 7) is -0.296. The lowest BCUT2D eigenvalue weighted by atomic mass is 10.2. The fraction of sp³-hybridized carbons (Fsp3) is 0.350. The summed E-state index contributed by atoms with van der Waals surface area (Å²) in [5, 5.41) is 2.72. The van der Waals surface area contributed by atoms with Gasteiger partial charge in [0.1, 0.15) is 0 Å². The Balaban J connectivity index is 1.41. The molecule has 1 heterocycles. The second-order valence-electron chi connectivity index (χ2n) is 7.11. The fourth-order valence-corrected chi connectivity index (χ4v) is 4.70. The van der Waals surface area contributed by atoms with Crippen LogP contribution in [-0.2, 0) is 14.8 Å². The number of hydrogen-bond acceptors (Lipinski definition) is 5. The number of nitrogens with zero attached hydrogens (tertiary/aromatic N) is 1. The van der Waals surface area contributed by atoms with Crippen LogP contribution in [0.3, 0.4) is 0 Å². The van der Waals surface area contributed by atoms with Crippen molar-refractivity contribution >= 4 is 21.6 Å². The molecule has 2 aliphatic rings. The number of anilines is 1. The van der Waals surface area contributed by atoms with E-state index in [0.717, 1.165) is 30.0 Å². The Hall–Kier alpha value is -2.58. The van der Waals surface area contributed by atoms with E-state index < -0.39 is 21.7 Å². The number of carbonyl (C=O) groups excluding carboxylic acids is 1. The van der Waals surface area contributed by atoms with E-state index in [1.165, 1.54) is 19.2 Å². The quantitative estimate of drug-likeness (QED) is 0.831. The zero-order chi connectivity index (χ0) is 19.8. The average Bonchev–Trinajstić information content (AvgIpc) is 3.27. The van der Waals surface area contributed by atoms with Crippen molar-refractivity contribution in [3.05, 3.63) is 48.5 Å². The molecule has 0 bridgehead atoms. The Morgan fingerprint density at radius 3 is 2.46 bits per heavy atom. The molecule has 0 aromatic heterocycles. The number of fused-ring (bicyclic) bond motifs is 1. The van der Waals surface area contributed by atoms with Gasteiger partial charge >= 0.3 is 0 Å². The number of sulfonamides is 1. The van der Waals surface area contributed by atoms with Crippen molar-refractivity contribution in [2.45, 2.75) is 36.4 Å². The largest absolute Gasteiger partial charge is 0.448 e. The summed E-state index contributed by atoms with van der Waals surface area (Å²) in [4.78, 5) is 12.5. The molecule has 2 aromatic carbocycles. The van der Waals surface area contributed by atoms with Gasteiger partial charge in [-0.2, -0.15) is 4.31 Å². The summed E-state index contributed by atoms with van der Waals surface area (Å²) in [5.41, 5.74) is 0.535. The molecule has 1 aliphatic carbocycles. The molecule has 28 heavy (non-hydrogen) atoms. The van der Waals surface area contributed by atoms with Crippen LogP contribution in [-0.4, -0.2) is 38.0 Å². The summed E-state index contributed by atoms with van der Waals surface area (Å²) in [5.74, 6) is 0.277. The molecule has 0 radical (unpaired) electrons. The molecule has 1 N–H and O–H groups in total. The lowest BCUT2D eigenvalue weighted by Crippen LogP contribution is -2.35. The Morgan fingerprint density at radius 1 is 1.07 bits per heavy atom. The third kappa shape index (κ3) is 3.57. The maximum Gasteiger partial charge on any atom is 0.251 e. The highest BCUT2D eigenvalue weighted by Crippen LogP contribution is 2.47. The fourth-order valence-electron chi connectivity index (χ4n) is 3.55. The summed E-state index contributed by atoms with van der Waals surface area (Å²) in [6, 6.07) is 13.2. The second kappa shape index (κ2) is 7.10. The Labute approximate surface area is 164 Å². The molecular weight excluding hydrogens is 380 g/mol. The summed E-state index contributed by atoms with van der Waals surface area (Å²) in [6.07, 6.45) is 3.84. The predicted molar refractivity (Wildman–Crippen MR) is 104 cm³/mol. The molecule has 4 rings (SSSR count). The van der Waals surface area contributed by atoms with Crippen molar-refractivity contribution in [2.75, 3.05) is 18.9 Å². The van der Waals surface area contributed by atoms with E-state index in [9.17, 15) is 13.2 Å². The number of hydrogen-bond donors (Lipinski definition) is 1. The second-order valence-corrected chi connectivity index (χ2v) is 9.15. The molecule has 0 unspecified atom stereocenters. The molecule has 7 nitrogen and oxygen atoms in total. The third-order valence-corrected chi connectivity index (χ3v) is 6.82. The van der Waals surface area contributed by atoms with E-state index in [1.54, 1.807) is 36.4 Å². The lowest BCUT2D eigenvalue weighted by Gasteiger charge is -2.21. The van der Waals surface area contributed by atoms with E-state index in [2.05, 4.69) is 5.32 Å². The topological polar surface area (TPSA) is 84.9 Å². The highest BCUT2D eigenvalue weighted by atomic mass is 32.2. The normalized spacial score (nSPS) is 17.2. The zero-order valence-corrected chi connectivity index (χ0v) is 16.4. The van der Waals surface area contributed by atoms with Crippen molar-refractivity contribution in [1.29, 1.82) is 0 Å². The molecule has 2 aromatic rings. The van der Waals surface area contributed by atoms with Crippen LogP contribution in [0.25, 0.3) is 0 Å². The maximum absolute atomic E-state index is 12.5. The van der Waals surface area contributed by atoms with Gasteiger partial charge in [-0.15, -0.1) is 0 Å². The highest BCUT2D eigenvalue weighted by Gasteiger charge is 2.44. The minimum atomic E-state index is -3.72. The van der Waals surface area contributed by atoms with E-state index >= 15 is 0 Å². The van der Waals surface area contributed by atoms with E-state index in [1.807, 2.05) is 0 Å².